The summed E-state index contributed by atoms with van der Waals surface area (Å²) in [6, 6.07) is 12.6. The highest BCUT2D eigenvalue weighted by atomic mass is 16.6. The molecule has 8 nitrogen and oxygen atoms in total. The van der Waals surface area contributed by atoms with Crippen molar-refractivity contribution in [2.75, 3.05) is 13.7 Å². The van der Waals surface area contributed by atoms with Crippen molar-refractivity contribution in [3.05, 3.63) is 64.3 Å². The third kappa shape index (κ3) is 2.91. The van der Waals surface area contributed by atoms with Crippen molar-refractivity contribution >= 4 is 21.9 Å². The van der Waals surface area contributed by atoms with Gasteiger partial charge in [-0.05, 0) is 30.3 Å². The fourth-order valence-electron chi connectivity index (χ4n) is 3.80. The van der Waals surface area contributed by atoms with Crippen molar-refractivity contribution < 1.29 is 33.9 Å². The Morgan fingerprint density at radius 1 is 0.968 bits per heavy atom. The third-order valence-corrected chi connectivity index (χ3v) is 5.32. The van der Waals surface area contributed by atoms with Crippen LogP contribution in [0.25, 0.3) is 21.9 Å². The second-order valence-electron chi connectivity index (χ2n) is 7.17. The highest BCUT2D eigenvalue weighted by molar-refractivity contribution is 5.95. The third-order valence-electron chi connectivity index (χ3n) is 5.32. The van der Waals surface area contributed by atoms with Crippen molar-refractivity contribution in [1.82, 2.24) is 0 Å². The lowest BCUT2D eigenvalue weighted by molar-refractivity contribution is -0.0134. The van der Waals surface area contributed by atoms with E-state index in [1.807, 2.05) is 0 Å². The monoisotopic (exact) mass is 422 g/mol. The van der Waals surface area contributed by atoms with Gasteiger partial charge in [-0.2, -0.15) is 0 Å². The van der Waals surface area contributed by atoms with E-state index in [2.05, 4.69) is 0 Å². The van der Waals surface area contributed by atoms with Crippen molar-refractivity contribution in [3.63, 3.8) is 0 Å². The molecule has 8 heteroatoms. The second-order valence-corrected chi connectivity index (χ2v) is 7.17. The van der Waals surface area contributed by atoms with E-state index in [1.165, 1.54) is 19.2 Å². The van der Waals surface area contributed by atoms with Gasteiger partial charge in [0.1, 0.15) is 5.58 Å². The molecule has 0 aliphatic carbocycles. The Hall–Kier alpha value is -3.91. The Balaban J connectivity index is 1.70. The van der Waals surface area contributed by atoms with Crippen LogP contribution in [0.15, 0.2) is 57.7 Å². The van der Waals surface area contributed by atoms with E-state index in [0.717, 1.165) is 0 Å². The molecule has 0 radical (unpaired) electrons. The summed E-state index contributed by atoms with van der Waals surface area (Å²) in [5.41, 5.74) is 0.724. The normalized spacial score (nSPS) is 17.7. The lowest BCUT2D eigenvalue weighted by atomic mass is 10.0. The molecule has 4 aromatic rings. The number of phenolic OH excluding ortho intramolecular Hbond substituents is 2. The average molecular weight is 422 g/mol. The van der Waals surface area contributed by atoms with Gasteiger partial charge < -0.3 is 33.9 Å². The zero-order valence-electron chi connectivity index (χ0n) is 16.4. The molecule has 3 N–H and O–H groups in total. The van der Waals surface area contributed by atoms with Crippen molar-refractivity contribution in [2.24, 2.45) is 0 Å². The summed E-state index contributed by atoms with van der Waals surface area (Å²) in [5, 5.41) is 30.9. The van der Waals surface area contributed by atoms with E-state index < -0.39 is 18.8 Å². The van der Waals surface area contributed by atoms with E-state index >= 15 is 0 Å². The highest BCUT2D eigenvalue weighted by Crippen LogP contribution is 2.49. The zero-order valence-corrected chi connectivity index (χ0v) is 16.4. The number of methoxy groups -OCH3 is 1. The highest BCUT2D eigenvalue weighted by Gasteiger charge is 2.37. The maximum absolute atomic E-state index is 12.9. The van der Waals surface area contributed by atoms with E-state index in [0.29, 0.717) is 16.5 Å². The number of aliphatic hydroxyl groups excluding tert-OH is 1. The van der Waals surface area contributed by atoms with Crippen LogP contribution in [0.5, 0.6) is 28.7 Å². The van der Waals surface area contributed by atoms with Crippen LogP contribution in [0.4, 0.5) is 0 Å². The molecule has 2 atom stereocenters. The van der Waals surface area contributed by atoms with Gasteiger partial charge in [0.05, 0.1) is 24.5 Å². The molecule has 158 valence electrons. The van der Waals surface area contributed by atoms with Crippen LogP contribution in [0.3, 0.4) is 0 Å². The number of para-hydroxylation sites is 1. The van der Waals surface area contributed by atoms with E-state index in [-0.39, 0.29) is 45.1 Å². The molecule has 0 unspecified atom stereocenters. The van der Waals surface area contributed by atoms with Gasteiger partial charge in [-0.1, -0.05) is 18.2 Å². The SMILES string of the molecule is COc1cc([C@H]2Oc3c(O)cc4c(=O)c5ccccc5oc4c3O[C@@H]2CO)ccc1O. The number of rotatable bonds is 3. The summed E-state index contributed by atoms with van der Waals surface area (Å²) >= 11 is 0. The summed E-state index contributed by atoms with van der Waals surface area (Å²) in [4.78, 5) is 12.9. The average Bonchev–Trinajstić information content (AvgIpc) is 2.80. The van der Waals surface area contributed by atoms with Gasteiger partial charge in [-0.3, -0.25) is 4.79 Å². The van der Waals surface area contributed by atoms with Gasteiger partial charge >= 0.3 is 0 Å². The van der Waals surface area contributed by atoms with Crippen LogP contribution in [0.1, 0.15) is 11.7 Å². The molecule has 0 spiro atoms. The summed E-state index contributed by atoms with van der Waals surface area (Å²) in [7, 11) is 1.42. The number of phenols is 2. The van der Waals surface area contributed by atoms with Gasteiger partial charge in [-0.15, -0.1) is 0 Å². The first-order chi connectivity index (χ1) is 15.0. The number of fused-ring (bicyclic) bond motifs is 4. The van der Waals surface area contributed by atoms with Gasteiger partial charge in [0.2, 0.25) is 16.9 Å². The number of ether oxygens (including phenoxy) is 3. The molecular weight excluding hydrogens is 404 g/mol. The number of hydrogen-bond donors (Lipinski definition) is 3. The molecule has 0 amide bonds. The molecule has 3 aromatic carbocycles. The maximum atomic E-state index is 12.9. The quantitative estimate of drug-likeness (QED) is 0.431. The largest absolute Gasteiger partial charge is 0.504 e. The molecule has 0 saturated carbocycles. The predicted molar refractivity (Wildman–Crippen MR) is 111 cm³/mol. The summed E-state index contributed by atoms with van der Waals surface area (Å²) in [5.74, 6) is -0.0843. The fourth-order valence-corrected chi connectivity index (χ4v) is 3.80. The van der Waals surface area contributed by atoms with Crippen LogP contribution in [0, 0.1) is 0 Å². The Morgan fingerprint density at radius 2 is 1.77 bits per heavy atom. The van der Waals surface area contributed by atoms with Gasteiger partial charge in [-0.25, -0.2) is 0 Å². The smallest absolute Gasteiger partial charge is 0.209 e. The van der Waals surface area contributed by atoms with Crippen molar-refractivity contribution in [3.8, 4) is 28.7 Å². The molecule has 1 aliphatic heterocycles. The predicted octanol–water partition coefficient (Wildman–Crippen LogP) is 3.24. The standard InChI is InChI=1S/C23H18O8/c1-28-17-8-11(6-7-14(17)25)20-18(10-24)30-23-21-13(9-15(26)22(23)31-20)19(27)12-4-2-3-5-16(12)29-21/h2-9,18,20,24-26H,10H2,1H3/t18-,20-/m1/s1. The molecule has 31 heavy (non-hydrogen) atoms. The fraction of sp³-hybridized carbons (Fsp3) is 0.174. The first-order valence-electron chi connectivity index (χ1n) is 9.54. The Kier molecular flexibility index (Phi) is 4.37. The Bertz CT molecular complexity index is 1370. The molecule has 0 bridgehead atoms. The summed E-state index contributed by atoms with van der Waals surface area (Å²) in [6.45, 7) is -0.414. The molecule has 2 heterocycles. The Labute approximate surface area is 175 Å². The number of aliphatic hydroxyl groups is 1. The molecule has 5 rings (SSSR count). The van der Waals surface area contributed by atoms with Crippen LogP contribution in [-0.4, -0.2) is 35.1 Å². The van der Waals surface area contributed by atoms with Gasteiger partial charge in [0, 0.05) is 5.56 Å². The minimum Gasteiger partial charge on any atom is -0.504 e. The molecule has 1 aliphatic rings. The molecule has 0 saturated heterocycles. The lowest BCUT2D eigenvalue weighted by Gasteiger charge is -2.33. The molecule has 1 aromatic heterocycles. The van der Waals surface area contributed by atoms with Crippen LogP contribution >= 0.6 is 0 Å². The maximum Gasteiger partial charge on any atom is 0.209 e. The first kappa shape index (κ1) is 19.1. The molecule has 0 fully saturated rings. The van der Waals surface area contributed by atoms with Crippen LogP contribution < -0.4 is 19.6 Å². The summed E-state index contributed by atoms with van der Waals surface area (Å²) < 4.78 is 23.1. The Morgan fingerprint density at radius 3 is 2.55 bits per heavy atom. The van der Waals surface area contributed by atoms with Crippen molar-refractivity contribution in [1.29, 1.82) is 0 Å². The zero-order chi connectivity index (χ0) is 21.7. The minimum absolute atomic E-state index is 0.00678. The summed E-state index contributed by atoms with van der Waals surface area (Å²) in [6.07, 6.45) is -1.69. The number of aromatic hydroxyl groups is 2. The molecular formula is C23H18O8. The first-order valence-corrected chi connectivity index (χ1v) is 9.54. The lowest BCUT2D eigenvalue weighted by Crippen LogP contribution is -2.36. The van der Waals surface area contributed by atoms with Crippen molar-refractivity contribution in [2.45, 2.75) is 12.2 Å². The van der Waals surface area contributed by atoms with Crippen LogP contribution in [-0.2, 0) is 0 Å². The number of hydrogen-bond acceptors (Lipinski definition) is 8. The van der Waals surface area contributed by atoms with Gasteiger partial charge in [0.25, 0.3) is 0 Å². The van der Waals surface area contributed by atoms with Crippen LogP contribution in [0.2, 0.25) is 0 Å². The van der Waals surface area contributed by atoms with E-state index in [1.54, 1.807) is 36.4 Å². The topological polar surface area (TPSA) is 119 Å². The number of benzene rings is 3. The van der Waals surface area contributed by atoms with Gasteiger partial charge in [0.15, 0.2) is 35.0 Å². The van der Waals surface area contributed by atoms with E-state index in [4.69, 9.17) is 18.6 Å². The second kappa shape index (κ2) is 7.10. The minimum atomic E-state index is -0.872. The van der Waals surface area contributed by atoms with E-state index in [9.17, 15) is 20.1 Å².